The van der Waals surface area contributed by atoms with Crippen molar-refractivity contribution < 1.29 is 15.0 Å². The van der Waals surface area contributed by atoms with Crippen LogP contribution in [0.5, 0.6) is 0 Å². The lowest BCUT2D eigenvalue weighted by molar-refractivity contribution is -0.129. The molecule has 1 fully saturated rings. The maximum atomic E-state index is 11.9. The van der Waals surface area contributed by atoms with Crippen LogP contribution in [0.2, 0.25) is 0 Å². The molecule has 2 atom stereocenters. The first-order valence-corrected chi connectivity index (χ1v) is 5.75. The summed E-state index contributed by atoms with van der Waals surface area (Å²) < 4.78 is 0. The van der Waals surface area contributed by atoms with Crippen molar-refractivity contribution in [2.75, 3.05) is 13.1 Å². The van der Waals surface area contributed by atoms with Crippen LogP contribution in [0, 0.1) is 6.92 Å². The quantitative estimate of drug-likeness (QED) is 0.764. The van der Waals surface area contributed by atoms with Crippen molar-refractivity contribution in [2.24, 2.45) is 0 Å². The van der Waals surface area contributed by atoms with E-state index in [1.54, 1.807) is 0 Å². The van der Waals surface area contributed by atoms with Gasteiger partial charge < -0.3 is 15.1 Å². The number of likely N-dealkylation sites (tertiary alicyclic amines) is 1. The average molecular weight is 235 g/mol. The molecule has 17 heavy (non-hydrogen) atoms. The highest BCUT2D eigenvalue weighted by atomic mass is 16.3. The summed E-state index contributed by atoms with van der Waals surface area (Å²) in [7, 11) is 0. The highest BCUT2D eigenvalue weighted by Crippen LogP contribution is 2.12. The van der Waals surface area contributed by atoms with E-state index in [2.05, 4.69) is 0 Å². The molecule has 0 bridgehead atoms. The Kier molecular flexibility index (Phi) is 3.45. The van der Waals surface area contributed by atoms with E-state index in [0.717, 1.165) is 11.1 Å². The van der Waals surface area contributed by atoms with Crippen LogP contribution in [0.25, 0.3) is 0 Å². The monoisotopic (exact) mass is 235 g/mol. The Morgan fingerprint density at radius 2 is 1.76 bits per heavy atom. The summed E-state index contributed by atoms with van der Waals surface area (Å²) in [5.74, 6) is -0.0514. The molecule has 0 saturated carbocycles. The van der Waals surface area contributed by atoms with Crippen LogP contribution in [0.15, 0.2) is 24.3 Å². The Bertz CT molecular complexity index is 392. The van der Waals surface area contributed by atoms with E-state index in [1.807, 2.05) is 31.2 Å². The van der Waals surface area contributed by atoms with E-state index in [-0.39, 0.29) is 19.0 Å². The van der Waals surface area contributed by atoms with Gasteiger partial charge in [-0.1, -0.05) is 29.8 Å². The number of amides is 1. The predicted octanol–water partition coefficient (Wildman–Crippen LogP) is 0.102. The summed E-state index contributed by atoms with van der Waals surface area (Å²) in [5, 5.41) is 18.8. The van der Waals surface area contributed by atoms with Gasteiger partial charge in [0.05, 0.1) is 18.6 Å². The van der Waals surface area contributed by atoms with Crippen LogP contribution in [-0.4, -0.2) is 46.3 Å². The maximum Gasteiger partial charge on any atom is 0.227 e. The fourth-order valence-electron chi connectivity index (χ4n) is 1.97. The van der Waals surface area contributed by atoms with E-state index in [0.29, 0.717) is 6.42 Å². The van der Waals surface area contributed by atoms with Crippen LogP contribution in [-0.2, 0) is 11.2 Å². The summed E-state index contributed by atoms with van der Waals surface area (Å²) in [4.78, 5) is 13.4. The highest BCUT2D eigenvalue weighted by Gasteiger charge is 2.32. The highest BCUT2D eigenvalue weighted by molar-refractivity contribution is 5.79. The van der Waals surface area contributed by atoms with Gasteiger partial charge in [0.1, 0.15) is 0 Å². The van der Waals surface area contributed by atoms with Crippen molar-refractivity contribution in [3.63, 3.8) is 0 Å². The molecule has 2 unspecified atom stereocenters. The molecule has 1 saturated heterocycles. The first-order valence-electron chi connectivity index (χ1n) is 5.75. The van der Waals surface area contributed by atoms with Crippen LogP contribution < -0.4 is 0 Å². The number of β-amino-alcohol motifs (C(OH)–C–C–N with tert-alkyl or cyclic N) is 2. The van der Waals surface area contributed by atoms with Crippen molar-refractivity contribution >= 4 is 5.91 Å². The number of aliphatic hydroxyl groups excluding tert-OH is 2. The third kappa shape index (κ3) is 2.84. The number of hydrogen-bond donors (Lipinski definition) is 2. The summed E-state index contributed by atoms with van der Waals surface area (Å²) in [6, 6.07) is 7.79. The second-order valence-electron chi connectivity index (χ2n) is 4.60. The molecule has 1 aromatic carbocycles. The molecule has 1 aromatic rings. The zero-order valence-electron chi connectivity index (χ0n) is 9.84. The third-order valence-corrected chi connectivity index (χ3v) is 3.09. The molecule has 1 aliphatic rings. The van der Waals surface area contributed by atoms with Crippen LogP contribution >= 0.6 is 0 Å². The van der Waals surface area contributed by atoms with Crippen molar-refractivity contribution in [1.82, 2.24) is 4.90 Å². The first-order chi connectivity index (χ1) is 8.06. The van der Waals surface area contributed by atoms with Gasteiger partial charge in [-0.05, 0) is 12.5 Å². The number of hydrogen-bond acceptors (Lipinski definition) is 3. The van der Waals surface area contributed by atoms with Gasteiger partial charge in [0.2, 0.25) is 5.91 Å². The molecule has 92 valence electrons. The fraction of sp³-hybridized carbons (Fsp3) is 0.462. The largest absolute Gasteiger partial charge is 0.388 e. The SMILES string of the molecule is Cc1ccc(CC(=O)N2CC(O)C(O)C2)cc1. The summed E-state index contributed by atoms with van der Waals surface area (Å²) in [6.07, 6.45) is -1.30. The topological polar surface area (TPSA) is 60.8 Å². The van der Waals surface area contributed by atoms with Gasteiger partial charge in [-0.3, -0.25) is 4.79 Å². The molecule has 1 aliphatic heterocycles. The van der Waals surface area contributed by atoms with Crippen molar-refractivity contribution in [1.29, 1.82) is 0 Å². The molecule has 0 radical (unpaired) electrons. The number of rotatable bonds is 2. The van der Waals surface area contributed by atoms with Crippen LogP contribution in [0.3, 0.4) is 0 Å². The molecular weight excluding hydrogens is 218 g/mol. The number of carbonyl (C=O) groups is 1. The van der Waals surface area contributed by atoms with Gasteiger partial charge in [-0.15, -0.1) is 0 Å². The van der Waals surface area contributed by atoms with Gasteiger partial charge in [0.25, 0.3) is 0 Å². The van der Waals surface area contributed by atoms with Gasteiger partial charge in [-0.2, -0.15) is 0 Å². The number of nitrogens with zero attached hydrogens (tertiary/aromatic N) is 1. The summed E-state index contributed by atoms with van der Waals surface area (Å²) in [5.41, 5.74) is 2.12. The van der Waals surface area contributed by atoms with E-state index in [1.165, 1.54) is 4.90 Å². The molecule has 1 amide bonds. The van der Waals surface area contributed by atoms with Crippen LogP contribution in [0.1, 0.15) is 11.1 Å². The molecule has 0 aromatic heterocycles. The Morgan fingerprint density at radius 1 is 1.24 bits per heavy atom. The standard InChI is InChI=1S/C13H17NO3/c1-9-2-4-10(5-3-9)6-13(17)14-7-11(15)12(16)8-14/h2-5,11-12,15-16H,6-8H2,1H3. The predicted molar refractivity (Wildman–Crippen MR) is 63.5 cm³/mol. The lowest BCUT2D eigenvalue weighted by atomic mass is 10.1. The Hall–Kier alpha value is -1.39. The zero-order valence-corrected chi connectivity index (χ0v) is 9.84. The molecule has 1 heterocycles. The number of aliphatic hydroxyl groups is 2. The fourth-order valence-corrected chi connectivity index (χ4v) is 1.97. The van der Waals surface area contributed by atoms with E-state index < -0.39 is 12.2 Å². The van der Waals surface area contributed by atoms with E-state index in [4.69, 9.17) is 0 Å². The molecule has 0 aliphatic carbocycles. The lowest BCUT2D eigenvalue weighted by Gasteiger charge is -2.15. The van der Waals surface area contributed by atoms with E-state index in [9.17, 15) is 15.0 Å². The molecule has 2 rings (SSSR count). The van der Waals surface area contributed by atoms with Gasteiger partial charge in [0.15, 0.2) is 0 Å². The smallest absolute Gasteiger partial charge is 0.227 e. The van der Waals surface area contributed by atoms with E-state index >= 15 is 0 Å². The minimum Gasteiger partial charge on any atom is -0.388 e. The van der Waals surface area contributed by atoms with Crippen LogP contribution in [0.4, 0.5) is 0 Å². The van der Waals surface area contributed by atoms with Gasteiger partial charge in [0, 0.05) is 13.1 Å². The molecule has 2 N–H and O–H groups in total. The molecule has 4 heteroatoms. The molecule has 4 nitrogen and oxygen atoms in total. The third-order valence-electron chi connectivity index (χ3n) is 3.09. The van der Waals surface area contributed by atoms with Gasteiger partial charge >= 0.3 is 0 Å². The lowest BCUT2D eigenvalue weighted by Crippen LogP contribution is -2.31. The number of benzene rings is 1. The van der Waals surface area contributed by atoms with Gasteiger partial charge in [-0.25, -0.2) is 0 Å². The van der Waals surface area contributed by atoms with Crippen molar-refractivity contribution in [3.8, 4) is 0 Å². The number of carbonyl (C=O) groups excluding carboxylic acids is 1. The van der Waals surface area contributed by atoms with Crippen molar-refractivity contribution in [3.05, 3.63) is 35.4 Å². The normalized spacial score (nSPS) is 24.1. The number of aryl methyl sites for hydroxylation is 1. The Morgan fingerprint density at radius 3 is 2.29 bits per heavy atom. The average Bonchev–Trinajstić information content (AvgIpc) is 2.63. The second kappa shape index (κ2) is 4.85. The minimum atomic E-state index is -0.808. The Balaban J connectivity index is 1.96. The first kappa shape index (κ1) is 12.1. The second-order valence-corrected chi connectivity index (χ2v) is 4.60. The summed E-state index contributed by atoms with van der Waals surface area (Å²) >= 11 is 0. The maximum absolute atomic E-state index is 11.9. The van der Waals surface area contributed by atoms with Crippen molar-refractivity contribution in [2.45, 2.75) is 25.6 Å². The Labute approximate surface area is 100 Å². The molecule has 0 spiro atoms. The minimum absolute atomic E-state index is 0.0514. The molecular formula is C13H17NO3. The zero-order chi connectivity index (χ0) is 12.4. The summed E-state index contributed by atoms with van der Waals surface area (Å²) in [6.45, 7) is 2.45.